The van der Waals surface area contributed by atoms with E-state index in [9.17, 15) is 16.8 Å². The molecule has 0 amide bonds. The maximum Gasteiger partial charge on any atom is 0.239 e. The zero-order chi connectivity index (χ0) is 20.1. The van der Waals surface area contributed by atoms with Crippen LogP contribution in [-0.2, 0) is 24.8 Å². The molecule has 3 rings (SSSR count). The van der Waals surface area contributed by atoms with Gasteiger partial charge in [-0.15, -0.1) is 0 Å². The van der Waals surface area contributed by atoms with Gasteiger partial charge in [0.1, 0.15) is 20.8 Å². The first-order chi connectivity index (χ1) is 12.6. The van der Waals surface area contributed by atoms with Crippen LogP contribution in [0, 0.1) is 0 Å². The molecule has 0 radical (unpaired) electrons. The third kappa shape index (κ3) is 6.68. The fourth-order valence-electron chi connectivity index (χ4n) is 2.05. The molecule has 3 heterocycles. The lowest BCUT2D eigenvalue weighted by Gasteiger charge is -2.27. The Morgan fingerprint density at radius 1 is 0.889 bits per heavy atom. The third-order valence-electron chi connectivity index (χ3n) is 3.41. The van der Waals surface area contributed by atoms with Gasteiger partial charge in [0.25, 0.3) is 0 Å². The highest BCUT2D eigenvalue weighted by Crippen LogP contribution is 2.14. The number of ether oxygens (including phenoxy) is 1. The number of morpholine rings is 1. The SMILES string of the molecule is NS(=O)(=O)c1ccc(Cl)nc1.NS(=O)(=O)c1ccc(N2CCOCC2)nc1. The number of rotatable bonds is 3. The zero-order valence-corrected chi connectivity index (χ0v) is 16.4. The van der Waals surface area contributed by atoms with Crippen molar-refractivity contribution in [2.24, 2.45) is 10.3 Å². The highest BCUT2D eigenvalue weighted by molar-refractivity contribution is 7.89. The number of sulfonamides is 2. The Morgan fingerprint density at radius 2 is 1.41 bits per heavy atom. The number of hydrogen-bond acceptors (Lipinski definition) is 8. The van der Waals surface area contributed by atoms with E-state index in [1.807, 2.05) is 4.90 Å². The van der Waals surface area contributed by atoms with E-state index in [0.29, 0.717) is 13.2 Å². The molecule has 0 aromatic carbocycles. The smallest absolute Gasteiger partial charge is 0.239 e. The predicted octanol–water partition coefficient (Wildman–Crippen LogP) is -0.0520. The van der Waals surface area contributed by atoms with Crippen LogP contribution in [0.5, 0.6) is 0 Å². The second-order valence-electron chi connectivity index (χ2n) is 5.36. The van der Waals surface area contributed by atoms with Gasteiger partial charge in [0, 0.05) is 25.5 Å². The topological polar surface area (TPSA) is 159 Å². The van der Waals surface area contributed by atoms with Crippen molar-refractivity contribution < 1.29 is 21.6 Å². The summed E-state index contributed by atoms with van der Waals surface area (Å²) in [4.78, 5) is 9.66. The molecule has 0 atom stereocenters. The molecule has 1 saturated heterocycles. The molecule has 0 aliphatic carbocycles. The van der Waals surface area contributed by atoms with Gasteiger partial charge in [-0.2, -0.15) is 0 Å². The third-order valence-corrected chi connectivity index (χ3v) is 5.43. The summed E-state index contributed by atoms with van der Waals surface area (Å²) in [6.45, 7) is 2.86. The molecule has 0 saturated carbocycles. The molecule has 1 fully saturated rings. The maximum atomic E-state index is 11.0. The molecule has 1 aliphatic heterocycles. The van der Waals surface area contributed by atoms with Crippen LogP contribution in [0.1, 0.15) is 0 Å². The first-order valence-electron chi connectivity index (χ1n) is 7.53. The lowest BCUT2D eigenvalue weighted by atomic mass is 10.4. The number of halogens is 1. The Balaban J connectivity index is 0.000000208. The van der Waals surface area contributed by atoms with E-state index in [4.69, 9.17) is 26.6 Å². The van der Waals surface area contributed by atoms with Crippen molar-refractivity contribution in [3.63, 3.8) is 0 Å². The van der Waals surface area contributed by atoms with E-state index in [1.54, 1.807) is 6.07 Å². The van der Waals surface area contributed by atoms with E-state index < -0.39 is 20.0 Å². The quantitative estimate of drug-likeness (QED) is 0.634. The second kappa shape index (κ2) is 8.91. The van der Waals surface area contributed by atoms with Crippen LogP contribution >= 0.6 is 11.6 Å². The molecule has 0 unspecified atom stereocenters. The Hall–Kier alpha value is -1.83. The van der Waals surface area contributed by atoms with Crippen molar-refractivity contribution in [3.8, 4) is 0 Å². The van der Waals surface area contributed by atoms with Gasteiger partial charge in [-0.3, -0.25) is 0 Å². The van der Waals surface area contributed by atoms with Gasteiger partial charge in [0.15, 0.2) is 0 Å². The Bertz CT molecular complexity index is 960. The first kappa shape index (κ1) is 21.5. The number of primary sulfonamides is 2. The number of hydrogen-bond donors (Lipinski definition) is 2. The fourth-order valence-corrected chi connectivity index (χ4v) is 3.08. The lowest BCUT2D eigenvalue weighted by Crippen LogP contribution is -2.36. The number of anilines is 1. The Labute approximate surface area is 162 Å². The van der Waals surface area contributed by atoms with Crippen molar-refractivity contribution in [2.45, 2.75) is 9.79 Å². The summed E-state index contributed by atoms with van der Waals surface area (Å²) in [6.07, 6.45) is 2.39. The Morgan fingerprint density at radius 3 is 1.81 bits per heavy atom. The molecule has 1 aliphatic rings. The fraction of sp³-hybridized carbons (Fsp3) is 0.286. The van der Waals surface area contributed by atoms with E-state index >= 15 is 0 Å². The van der Waals surface area contributed by atoms with Crippen molar-refractivity contribution in [1.29, 1.82) is 0 Å². The molecule has 13 heteroatoms. The van der Waals surface area contributed by atoms with Crippen molar-refractivity contribution >= 4 is 37.5 Å². The monoisotopic (exact) mass is 435 g/mol. The minimum Gasteiger partial charge on any atom is -0.378 e. The molecular weight excluding hydrogens is 418 g/mol. The molecular formula is C14H18ClN5O5S2. The second-order valence-corrected chi connectivity index (χ2v) is 8.87. The zero-order valence-electron chi connectivity index (χ0n) is 14.0. The van der Waals surface area contributed by atoms with Gasteiger partial charge in [-0.05, 0) is 24.3 Å². The number of nitrogens with two attached hydrogens (primary N) is 2. The predicted molar refractivity (Wildman–Crippen MR) is 99.3 cm³/mol. The molecule has 4 N–H and O–H groups in total. The van der Waals surface area contributed by atoms with Crippen LogP contribution in [0.2, 0.25) is 5.15 Å². The van der Waals surface area contributed by atoms with Crippen LogP contribution in [0.4, 0.5) is 5.82 Å². The maximum absolute atomic E-state index is 11.0. The van der Waals surface area contributed by atoms with Crippen molar-refractivity contribution in [2.75, 3.05) is 31.2 Å². The van der Waals surface area contributed by atoms with Gasteiger partial charge in [-0.1, -0.05) is 11.6 Å². The van der Waals surface area contributed by atoms with Gasteiger partial charge < -0.3 is 9.64 Å². The van der Waals surface area contributed by atoms with E-state index in [1.165, 1.54) is 24.4 Å². The van der Waals surface area contributed by atoms with Gasteiger partial charge in [0.2, 0.25) is 20.0 Å². The summed E-state index contributed by atoms with van der Waals surface area (Å²) in [5.41, 5.74) is 0. The summed E-state index contributed by atoms with van der Waals surface area (Å²) < 4.78 is 48.5. The van der Waals surface area contributed by atoms with E-state index in [2.05, 4.69) is 9.97 Å². The average Bonchev–Trinajstić information content (AvgIpc) is 2.62. The highest BCUT2D eigenvalue weighted by atomic mass is 35.5. The van der Waals surface area contributed by atoms with Crippen LogP contribution in [-0.4, -0.2) is 53.1 Å². The minimum atomic E-state index is -3.66. The normalized spacial score (nSPS) is 15.0. The van der Waals surface area contributed by atoms with Gasteiger partial charge in [-0.25, -0.2) is 37.1 Å². The molecule has 0 bridgehead atoms. The summed E-state index contributed by atoms with van der Waals surface area (Å²) in [7, 11) is -7.30. The van der Waals surface area contributed by atoms with E-state index in [-0.39, 0.29) is 14.9 Å². The summed E-state index contributed by atoms with van der Waals surface area (Å²) >= 11 is 5.42. The summed E-state index contributed by atoms with van der Waals surface area (Å²) in [6, 6.07) is 5.78. The van der Waals surface area contributed by atoms with Crippen LogP contribution < -0.4 is 15.2 Å². The summed E-state index contributed by atoms with van der Waals surface area (Å²) in [5.74, 6) is 0.746. The van der Waals surface area contributed by atoms with E-state index in [0.717, 1.165) is 25.1 Å². The largest absolute Gasteiger partial charge is 0.378 e. The molecule has 2 aromatic heterocycles. The van der Waals surface area contributed by atoms with Gasteiger partial charge >= 0.3 is 0 Å². The number of pyridine rings is 2. The molecule has 148 valence electrons. The van der Waals surface area contributed by atoms with Crippen LogP contribution in [0.15, 0.2) is 46.5 Å². The van der Waals surface area contributed by atoms with Crippen LogP contribution in [0.25, 0.3) is 0 Å². The Kier molecular flexibility index (Phi) is 7.08. The minimum absolute atomic E-state index is 0.0320. The van der Waals surface area contributed by atoms with Crippen molar-refractivity contribution in [3.05, 3.63) is 41.8 Å². The highest BCUT2D eigenvalue weighted by Gasteiger charge is 2.14. The van der Waals surface area contributed by atoms with Gasteiger partial charge in [0.05, 0.1) is 13.2 Å². The van der Waals surface area contributed by atoms with Crippen LogP contribution in [0.3, 0.4) is 0 Å². The summed E-state index contributed by atoms with van der Waals surface area (Å²) in [5, 5.41) is 10.0. The molecule has 10 nitrogen and oxygen atoms in total. The van der Waals surface area contributed by atoms with Crippen molar-refractivity contribution in [1.82, 2.24) is 9.97 Å². The molecule has 27 heavy (non-hydrogen) atoms. The molecule has 2 aromatic rings. The number of nitrogens with zero attached hydrogens (tertiary/aromatic N) is 3. The number of aromatic nitrogens is 2. The molecule has 0 spiro atoms. The lowest BCUT2D eigenvalue weighted by molar-refractivity contribution is 0.122. The standard InChI is InChI=1S/C9H13N3O3S.C5H5ClN2O2S/c10-16(13,14)8-1-2-9(11-7-8)12-3-5-15-6-4-12;6-5-2-1-4(3-8-5)11(7,9)10/h1-2,7H,3-6H2,(H2,10,13,14);1-3H,(H2,7,9,10). The average molecular weight is 436 g/mol. The first-order valence-corrected chi connectivity index (χ1v) is 11.0.